The summed E-state index contributed by atoms with van der Waals surface area (Å²) < 4.78 is 24.6. The minimum Gasteiger partial charge on any atom is -0.490 e. The van der Waals surface area contributed by atoms with Crippen LogP contribution < -0.4 is 15.2 Å². The van der Waals surface area contributed by atoms with Crippen molar-refractivity contribution in [2.45, 2.75) is 20.3 Å². The maximum absolute atomic E-state index is 13.4. The van der Waals surface area contributed by atoms with Gasteiger partial charge >= 0.3 is 0 Å². The molecule has 1 aromatic carbocycles. The van der Waals surface area contributed by atoms with Crippen molar-refractivity contribution >= 4 is 10.9 Å². The summed E-state index contributed by atoms with van der Waals surface area (Å²) in [6, 6.07) is 7.25. The van der Waals surface area contributed by atoms with Crippen LogP contribution in [0.3, 0.4) is 0 Å². The highest BCUT2D eigenvalue weighted by Gasteiger charge is 2.09. The highest BCUT2D eigenvalue weighted by molar-refractivity contribution is 5.86. The molecule has 0 amide bonds. The number of aryl methyl sites for hydroxylation is 2. The molecule has 0 saturated carbocycles. The van der Waals surface area contributed by atoms with Crippen molar-refractivity contribution in [3.8, 4) is 11.5 Å². The topological polar surface area (TPSA) is 73.2 Å². The smallest absolute Gasteiger partial charge is 0.148 e. The van der Waals surface area contributed by atoms with Crippen LogP contribution in [0.2, 0.25) is 0 Å². The van der Waals surface area contributed by atoms with Crippen LogP contribution in [-0.2, 0) is 6.42 Å². The molecule has 0 fully saturated rings. The predicted octanol–water partition coefficient (Wildman–Crippen LogP) is 3.28. The van der Waals surface area contributed by atoms with Crippen LogP contribution in [0.15, 0.2) is 30.5 Å². The Morgan fingerprint density at radius 3 is 2.60 bits per heavy atom. The molecule has 0 atom stereocenters. The van der Waals surface area contributed by atoms with E-state index >= 15 is 0 Å². The maximum atomic E-state index is 13.4. The molecule has 0 spiro atoms. The molecule has 3 N–H and O–H groups in total. The summed E-state index contributed by atoms with van der Waals surface area (Å²) in [5.41, 5.74) is 9.48. The molecule has 0 unspecified atom stereocenters. The van der Waals surface area contributed by atoms with E-state index in [0.29, 0.717) is 31.2 Å². The number of benzene rings is 1. The number of nitrogens with two attached hydrogens (primary N) is 1. The summed E-state index contributed by atoms with van der Waals surface area (Å²) in [6.07, 6.45) is 2.33. The summed E-state index contributed by atoms with van der Waals surface area (Å²) in [5, 5.41) is 1.13. The van der Waals surface area contributed by atoms with Crippen LogP contribution in [0.4, 0.5) is 4.39 Å². The van der Waals surface area contributed by atoms with Crippen LogP contribution in [0.25, 0.3) is 10.9 Å². The second-order valence-electron chi connectivity index (χ2n) is 5.91. The van der Waals surface area contributed by atoms with E-state index in [-0.39, 0.29) is 5.82 Å². The lowest BCUT2D eigenvalue weighted by atomic mass is 10.1. The van der Waals surface area contributed by atoms with Crippen molar-refractivity contribution in [1.82, 2.24) is 9.97 Å². The second kappa shape index (κ2) is 7.53. The zero-order valence-electron chi connectivity index (χ0n) is 14.4. The number of ether oxygens (including phenoxy) is 2. The van der Waals surface area contributed by atoms with E-state index in [4.69, 9.17) is 15.2 Å². The molecule has 0 bridgehead atoms. The zero-order chi connectivity index (χ0) is 17.8. The molecule has 132 valence electrons. The van der Waals surface area contributed by atoms with Crippen LogP contribution in [0, 0.1) is 19.7 Å². The molecule has 0 aliphatic heterocycles. The van der Waals surface area contributed by atoms with Crippen molar-refractivity contribution < 1.29 is 13.9 Å². The van der Waals surface area contributed by atoms with E-state index in [1.165, 1.54) is 17.8 Å². The van der Waals surface area contributed by atoms with E-state index in [1.807, 2.05) is 25.1 Å². The Morgan fingerprint density at radius 2 is 1.88 bits per heavy atom. The van der Waals surface area contributed by atoms with Gasteiger partial charge in [0.15, 0.2) is 0 Å². The highest BCUT2D eigenvalue weighted by atomic mass is 19.1. The number of aromatic amines is 1. The van der Waals surface area contributed by atoms with Gasteiger partial charge in [-0.25, -0.2) is 4.39 Å². The third-order valence-electron chi connectivity index (χ3n) is 4.11. The number of hydrogen-bond donors (Lipinski definition) is 2. The number of H-pyrrole nitrogens is 1. The molecule has 2 aromatic heterocycles. The fourth-order valence-electron chi connectivity index (χ4n) is 2.80. The van der Waals surface area contributed by atoms with Crippen LogP contribution in [0.5, 0.6) is 11.5 Å². The summed E-state index contributed by atoms with van der Waals surface area (Å²) in [5.74, 6) is 0.786. The normalized spacial score (nSPS) is 11.0. The van der Waals surface area contributed by atoms with Gasteiger partial charge in [0.2, 0.25) is 0 Å². The van der Waals surface area contributed by atoms with E-state index in [2.05, 4.69) is 9.97 Å². The van der Waals surface area contributed by atoms with Gasteiger partial charge < -0.3 is 20.2 Å². The third kappa shape index (κ3) is 3.91. The number of hydrogen-bond acceptors (Lipinski definition) is 4. The zero-order valence-corrected chi connectivity index (χ0v) is 14.4. The lowest BCUT2D eigenvalue weighted by molar-refractivity contribution is 0.216. The lowest BCUT2D eigenvalue weighted by Crippen LogP contribution is -2.09. The third-order valence-corrected chi connectivity index (χ3v) is 4.11. The Hall–Kier alpha value is -2.60. The molecule has 5 nitrogen and oxygen atoms in total. The molecule has 0 aliphatic carbocycles. The summed E-state index contributed by atoms with van der Waals surface area (Å²) in [4.78, 5) is 7.28. The maximum Gasteiger partial charge on any atom is 0.148 e. The Kier molecular flexibility index (Phi) is 5.19. The summed E-state index contributed by atoms with van der Waals surface area (Å²) in [6.45, 7) is 4.93. The van der Waals surface area contributed by atoms with Crippen molar-refractivity contribution in [3.63, 3.8) is 0 Å². The van der Waals surface area contributed by atoms with Crippen molar-refractivity contribution in [1.29, 1.82) is 0 Å². The Morgan fingerprint density at radius 1 is 1.12 bits per heavy atom. The standard InChI is InChI=1S/C19H22FN3O2/c1-12-16(5-6-21)17-9-14(3-4-19(17)23-12)24-7-8-25-15-10-18(20)13(2)22-11-15/h3-4,9-11,23H,5-8,21H2,1-2H3. The highest BCUT2D eigenvalue weighted by Crippen LogP contribution is 2.26. The van der Waals surface area contributed by atoms with Gasteiger partial charge in [-0.2, -0.15) is 0 Å². The Labute approximate surface area is 146 Å². The van der Waals surface area contributed by atoms with Gasteiger partial charge in [-0.3, -0.25) is 4.98 Å². The Balaban J connectivity index is 1.61. The molecule has 2 heterocycles. The van der Waals surface area contributed by atoms with Gasteiger partial charge in [-0.1, -0.05) is 0 Å². The molecule has 25 heavy (non-hydrogen) atoms. The molecule has 3 aromatic rings. The van der Waals surface area contributed by atoms with Gasteiger partial charge in [0.1, 0.15) is 30.5 Å². The predicted molar refractivity (Wildman–Crippen MR) is 95.7 cm³/mol. The fraction of sp³-hybridized carbons (Fsp3) is 0.316. The number of nitrogens with one attached hydrogen (secondary N) is 1. The van der Waals surface area contributed by atoms with Gasteiger partial charge in [0.25, 0.3) is 0 Å². The number of nitrogens with zero attached hydrogens (tertiary/aromatic N) is 1. The minimum atomic E-state index is -0.376. The van der Waals surface area contributed by atoms with Crippen molar-refractivity contribution in [3.05, 3.63) is 53.2 Å². The SMILES string of the molecule is Cc1ncc(OCCOc2ccc3[nH]c(C)c(CCN)c3c2)cc1F. The first kappa shape index (κ1) is 17.2. The minimum absolute atomic E-state index is 0.310. The molecule has 0 saturated heterocycles. The van der Waals surface area contributed by atoms with E-state index in [0.717, 1.165) is 28.8 Å². The molecule has 0 aliphatic rings. The van der Waals surface area contributed by atoms with Crippen molar-refractivity contribution in [2.75, 3.05) is 19.8 Å². The number of halogens is 1. The lowest BCUT2D eigenvalue weighted by Gasteiger charge is -2.09. The van der Waals surface area contributed by atoms with Gasteiger partial charge in [0.05, 0.1) is 11.9 Å². The van der Waals surface area contributed by atoms with Crippen LogP contribution in [0.1, 0.15) is 17.0 Å². The average Bonchev–Trinajstić information content (AvgIpc) is 2.90. The number of aromatic nitrogens is 2. The largest absolute Gasteiger partial charge is 0.490 e. The first-order valence-corrected chi connectivity index (χ1v) is 8.27. The number of pyridine rings is 1. The van der Waals surface area contributed by atoms with E-state index < -0.39 is 0 Å². The van der Waals surface area contributed by atoms with Crippen LogP contribution in [-0.4, -0.2) is 29.7 Å². The molecule has 0 radical (unpaired) electrons. The molecular weight excluding hydrogens is 321 g/mol. The fourth-order valence-corrected chi connectivity index (χ4v) is 2.80. The first-order valence-electron chi connectivity index (χ1n) is 8.27. The monoisotopic (exact) mass is 343 g/mol. The molecule has 3 rings (SSSR count). The number of rotatable bonds is 7. The average molecular weight is 343 g/mol. The second-order valence-corrected chi connectivity index (χ2v) is 5.91. The van der Waals surface area contributed by atoms with Gasteiger partial charge in [-0.05, 0) is 50.6 Å². The first-order chi connectivity index (χ1) is 12.1. The van der Waals surface area contributed by atoms with Crippen molar-refractivity contribution in [2.24, 2.45) is 5.73 Å². The summed E-state index contributed by atoms with van der Waals surface area (Å²) >= 11 is 0. The molecular formula is C19H22FN3O2. The molecule has 6 heteroatoms. The Bertz CT molecular complexity index is 876. The van der Waals surface area contributed by atoms with Gasteiger partial charge in [0, 0.05) is 22.7 Å². The van der Waals surface area contributed by atoms with E-state index in [1.54, 1.807) is 6.92 Å². The van der Waals surface area contributed by atoms with Gasteiger partial charge in [-0.15, -0.1) is 0 Å². The number of fused-ring (bicyclic) bond motifs is 1. The quantitative estimate of drug-likeness (QED) is 0.646. The van der Waals surface area contributed by atoms with E-state index in [9.17, 15) is 4.39 Å². The van der Waals surface area contributed by atoms with Crippen LogP contribution >= 0.6 is 0 Å². The summed E-state index contributed by atoms with van der Waals surface area (Å²) in [7, 11) is 0.